The number of nitrogen functional groups attached to an aromatic ring is 1. The van der Waals surface area contributed by atoms with E-state index in [0.29, 0.717) is 0 Å². The molecule has 5 rings (SSSR count). The molecule has 3 N–H and O–H groups in total. The van der Waals surface area contributed by atoms with Crippen LogP contribution in [0.15, 0.2) is 60.8 Å². The number of anilines is 1. The first-order valence-electron chi connectivity index (χ1n) is 9.24. The monoisotopic (exact) mass is 355 g/mol. The van der Waals surface area contributed by atoms with Crippen LogP contribution in [0.25, 0.3) is 22.3 Å². The number of fused-ring (bicyclic) bond motifs is 2. The van der Waals surface area contributed by atoms with Crippen molar-refractivity contribution in [2.75, 3.05) is 12.3 Å². The Labute approximate surface area is 157 Å². The Hall–Kier alpha value is -3.18. The van der Waals surface area contributed by atoms with Crippen LogP contribution >= 0.6 is 0 Å². The molecule has 1 aliphatic heterocycles. The summed E-state index contributed by atoms with van der Waals surface area (Å²) in [6, 6.07) is 18.4. The highest BCUT2D eigenvalue weighted by Gasteiger charge is 2.19. The Bertz CT molecular complexity index is 1060. The largest absolute Gasteiger partial charge is 0.399 e. The first-order chi connectivity index (χ1) is 13.2. The van der Waals surface area contributed by atoms with Crippen LogP contribution in [0.2, 0.25) is 0 Å². The standard InChI is InChI=1S/C22H21N5/c23-18-7-5-15(6-8-18)22-24-12-17-13-27(10-9-21(17)26-22)14-19-11-16-3-1-2-4-20(16)25-19/h1-8,11-12,25H,9-10,13-14,23H2. The molecule has 1 aliphatic rings. The third kappa shape index (κ3) is 3.17. The number of nitrogens with zero attached hydrogens (tertiary/aromatic N) is 3. The third-order valence-electron chi connectivity index (χ3n) is 5.16. The highest BCUT2D eigenvalue weighted by atomic mass is 15.1. The minimum atomic E-state index is 0.754. The summed E-state index contributed by atoms with van der Waals surface area (Å²) in [5, 5.41) is 1.27. The van der Waals surface area contributed by atoms with Crippen molar-refractivity contribution < 1.29 is 0 Å². The SMILES string of the molecule is Nc1ccc(-c2ncc3c(n2)CCN(Cc2cc4ccccc4[nH]2)C3)cc1. The molecule has 5 heteroatoms. The van der Waals surface area contributed by atoms with Crippen molar-refractivity contribution in [3.05, 3.63) is 77.7 Å². The van der Waals surface area contributed by atoms with Gasteiger partial charge in [-0.15, -0.1) is 0 Å². The summed E-state index contributed by atoms with van der Waals surface area (Å²) in [5.41, 5.74) is 12.4. The lowest BCUT2D eigenvalue weighted by Gasteiger charge is -2.27. The van der Waals surface area contributed by atoms with Crippen LogP contribution in [0.4, 0.5) is 5.69 Å². The van der Waals surface area contributed by atoms with Crippen LogP contribution in [0, 0.1) is 0 Å². The van der Waals surface area contributed by atoms with Gasteiger partial charge in [0.1, 0.15) is 0 Å². The average molecular weight is 355 g/mol. The van der Waals surface area contributed by atoms with Gasteiger partial charge in [0.25, 0.3) is 0 Å². The average Bonchev–Trinajstić information content (AvgIpc) is 3.10. The summed E-state index contributed by atoms with van der Waals surface area (Å²) in [4.78, 5) is 15.3. The van der Waals surface area contributed by atoms with Gasteiger partial charge in [-0.25, -0.2) is 9.97 Å². The van der Waals surface area contributed by atoms with Crippen LogP contribution in [-0.2, 0) is 19.5 Å². The molecular weight excluding hydrogens is 334 g/mol. The fourth-order valence-electron chi connectivity index (χ4n) is 3.74. The minimum Gasteiger partial charge on any atom is -0.399 e. The van der Waals surface area contributed by atoms with E-state index in [4.69, 9.17) is 10.7 Å². The number of para-hydroxylation sites is 1. The number of nitrogens with two attached hydrogens (primary N) is 1. The van der Waals surface area contributed by atoms with Gasteiger partial charge in [0.05, 0.1) is 5.69 Å². The van der Waals surface area contributed by atoms with E-state index in [9.17, 15) is 0 Å². The predicted molar refractivity (Wildman–Crippen MR) is 108 cm³/mol. The van der Waals surface area contributed by atoms with E-state index in [1.165, 1.54) is 22.2 Å². The second-order valence-corrected chi connectivity index (χ2v) is 7.13. The van der Waals surface area contributed by atoms with E-state index in [2.05, 4.69) is 45.2 Å². The van der Waals surface area contributed by atoms with E-state index < -0.39 is 0 Å². The molecule has 4 aromatic rings. The van der Waals surface area contributed by atoms with Crippen LogP contribution in [0.1, 0.15) is 17.0 Å². The van der Waals surface area contributed by atoms with Gasteiger partial charge in [0, 0.05) is 60.3 Å². The number of H-pyrrole nitrogens is 1. The summed E-state index contributed by atoms with van der Waals surface area (Å²) < 4.78 is 0. The zero-order chi connectivity index (χ0) is 18.2. The van der Waals surface area contributed by atoms with Gasteiger partial charge in [0.15, 0.2) is 5.82 Å². The molecule has 2 aromatic heterocycles. The predicted octanol–water partition coefficient (Wildman–Crippen LogP) is 3.77. The molecule has 0 fully saturated rings. The van der Waals surface area contributed by atoms with E-state index in [1.807, 2.05) is 30.5 Å². The highest BCUT2D eigenvalue weighted by Crippen LogP contribution is 2.23. The smallest absolute Gasteiger partial charge is 0.159 e. The van der Waals surface area contributed by atoms with Gasteiger partial charge < -0.3 is 10.7 Å². The second kappa shape index (κ2) is 6.52. The lowest BCUT2D eigenvalue weighted by Crippen LogP contribution is -2.31. The first-order valence-corrected chi connectivity index (χ1v) is 9.24. The van der Waals surface area contributed by atoms with Crippen molar-refractivity contribution in [2.45, 2.75) is 19.5 Å². The molecule has 0 bridgehead atoms. The number of benzene rings is 2. The topological polar surface area (TPSA) is 70.8 Å². The summed E-state index contributed by atoms with van der Waals surface area (Å²) in [7, 11) is 0. The molecule has 0 aliphatic carbocycles. The molecule has 3 heterocycles. The van der Waals surface area contributed by atoms with Gasteiger partial charge in [-0.1, -0.05) is 18.2 Å². The van der Waals surface area contributed by atoms with Gasteiger partial charge in [-0.3, -0.25) is 4.90 Å². The number of nitrogens with one attached hydrogen (secondary N) is 1. The van der Waals surface area contributed by atoms with Crippen LogP contribution in [0.3, 0.4) is 0 Å². The van der Waals surface area contributed by atoms with E-state index >= 15 is 0 Å². The first kappa shape index (κ1) is 16.0. The van der Waals surface area contributed by atoms with Crippen molar-refractivity contribution >= 4 is 16.6 Å². The molecule has 0 amide bonds. The lowest BCUT2D eigenvalue weighted by atomic mass is 10.1. The van der Waals surface area contributed by atoms with Crippen LogP contribution < -0.4 is 5.73 Å². The number of hydrogen-bond donors (Lipinski definition) is 2. The quantitative estimate of drug-likeness (QED) is 0.549. The lowest BCUT2D eigenvalue weighted by molar-refractivity contribution is 0.240. The van der Waals surface area contributed by atoms with Gasteiger partial charge in [-0.05, 0) is 41.8 Å². The maximum Gasteiger partial charge on any atom is 0.159 e. The zero-order valence-electron chi connectivity index (χ0n) is 15.0. The molecule has 0 radical (unpaired) electrons. The van der Waals surface area contributed by atoms with Crippen molar-refractivity contribution in [1.29, 1.82) is 0 Å². The minimum absolute atomic E-state index is 0.754. The van der Waals surface area contributed by atoms with E-state index in [0.717, 1.165) is 48.8 Å². The Kier molecular flexibility index (Phi) is 3.87. The molecule has 0 unspecified atom stereocenters. The summed E-state index contributed by atoms with van der Waals surface area (Å²) in [6.07, 6.45) is 2.92. The maximum absolute atomic E-state index is 5.77. The Balaban J connectivity index is 1.34. The summed E-state index contributed by atoms with van der Waals surface area (Å²) in [6.45, 7) is 2.79. The van der Waals surface area contributed by atoms with Crippen molar-refractivity contribution in [3.63, 3.8) is 0 Å². The van der Waals surface area contributed by atoms with Crippen LogP contribution in [0.5, 0.6) is 0 Å². The molecule has 5 nitrogen and oxygen atoms in total. The number of aromatic amines is 1. The summed E-state index contributed by atoms with van der Waals surface area (Å²) in [5.74, 6) is 0.776. The zero-order valence-corrected chi connectivity index (χ0v) is 15.0. The highest BCUT2D eigenvalue weighted by molar-refractivity contribution is 5.80. The Morgan fingerprint density at radius 1 is 1.07 bits per heavy atom. The fourth-order valence-corrected chi connectivity index (χ4v) is 3.74. The fraction of sp³-hybridized carbons (Fsp3) is 0.182. The number of aromatic nitrogens is 3. The number of hydrogen-bond acceptors (Lipinski definition) is 4. The molecule has 27 heavy (non-hydrogen) atoms. The van der Waals surface area contributed by atoms with Gasteiger partial charge in [-0.2, -0.15) is 0 Å². The van der Waals surface area contributed by atoms with E-state index in [1.54, 1.807) is 0 Å². The Morgan fingerprint density at radius 3 is 2.78 bits per heavy atom. The molecule has 0 saturated heterocycles. The van der Waals surface area contributed by atoms with Crippen molar-refractivity contribution in [3.8, 4) is 11.4 Å². The normalized spacial score (nSPS) is 14.4. The molecule has 0 saturated carbocycles. The molecule has 0 spiro atoms. The third-order valence-corrected chi connectivity index (χ3v) is 5.16. The molecular formula is C22H21N5. The van der Waals surface area contributed by atoms with Crippen molar-refractivity contribution in [1.82, 2.24) is 19.9 Å². The van der Waals surface area contributed by atoms with Gasteiger partial charge in [0.2, 0.25) is 0 Å². The summed E-state index contributed by atoms with van der Waals surface area (Å²) >= 11 is 0. The van der Waals surface area contributed by atoms with E-state index in [-0.39, 0.29) is 0 Å². The molecule has 0 atom stereocenters. The Morgan fingerprint density at radius 2 is 1.93 bits per heavy atom. The second-order valence-electron chi connectivity index (χ2n) is 7.13. The van der Waals surface area contributed by atoms with Crippen molar-refractivity contribution in [2.24, 2.45) is 0 Å². The molecule has 2 aromatic carbocycles. The maximum atomic E-state index is 5.77. The number of rotatable bonds is 3. The van der Waals surface area contributed by atoms with Gasteiger partial charge >= 0.3 is 0 Å². The van der Waals surface area contributed by atoms with Crippen LogP contribution in [-0.4, -0.2) is 26.4 Å². The molecule has 134 valence electrons.